The minimum atomic E-state index is -4.44. The molecule has 38 heavy (non-hydrogen) atoms. The first-order chi connectivity index (χ1) is 18.3. The summed E-state index contributed by atoms with van der Waals surface area (Å²) in [4.78, 5) is 15.1. The Morgan fingerprint density at radius 1 is 0.816 bits per heavy atom. The summed E-state index contributed by atoms with van der Waals surface area (Å²) in [5, 5.41) is 2.76. The number of hydrogen-bond donors (Lipinski definition) is 1. The van der Waals surface area contributed by atoms with E-state index in [-0.39, 0.29) is 11.9 Å². The maximum atomic E-state index is 13.4. The maximum Gasteiger partial charge on any atom is 0.416 e. The second-order valence-corrected chi connectivity index (χ2v) is 8.94. The van der Waals surface area contributed by atoms with Gasteiger partial charge in [-0.3, -0.25) is 0 Å². The first kappa shape index (κ1) is 26.8. The van der Waals surface area contributed by atoms with Gasteiger partial charge in [0.2, 0.25) is 0 Å². The molecule has 0 bridgehead atoms. The van der Waals surface area contributed by atoms with Gasteiger partial charge in [-0.25, -0.2) is 4.79 Å². The number of amides is 2. The fourth-order valence-electron chi connectivity index (χ4n) is 4.33. The van der Waals surface area contributed by atoms with Crippen LogP contribution in [0.5, 0.6) is 5.75 Å². The van der Waals surface area contributed by atoms with E-state index in [1.807, 2.05) is 60.7 Å². The second-order valence-electron chi connectivity index (χ2n) is 8.94. The molecule has 0 radical (unpaired) electrons. The van der Waals surface area contributed by atoms with E-state index >= 15 is 0 Å². The molecular formula is C31H29F3N2O2. The van der Waals surface area contributed by atoms with Gasteiger partial charge >= 0.3 is 12.2 Å². The van der Waals surface area contributed by atoms with E-state index < -0.39 is 11.7 Å². The lowest BCUT2D eigenvalue weighted by molar-refractivity contribution is -0.137. The van der Waals surface area contributed by atoms with E-state index in [9.17, 15) is 18.0 Å². The molecule has 7 heteroatoms. The van der Waals surface area contributed by atoms with Gasteiger partial charge in [-0.05, 0) is 59.5 Å². The molecule has 4 rings (SSSR count). The summed E-state index contributed by atoms with van der Waals surface area (Å²) < 4.78 is 44.1. The molecule has 0 aliphatic carbocycles. The lowest BCUT2D eigenvalue weighted by atomic mass is 9.88. The van der Waals surface area contributed by atoms with Crippen LogP contribution < -0.4 is 10.1 Å². The van der Waals surface area contributed by atoms with Crippen LogP contribution in [-0.2, 0) is 12.7 Å². The number of carbonyl (C=O) groups is 1. The number of ether oxygens (including phenoxy) is 1. The average molecular weight is 519 g/mol. The van der Waals surface area contributed by atoms with Gasteiger partial charge in [-0.15, -0.1) is 0 Å². The third-order valence-electron chi connectivity index (χ3n) is 6.37. The third-order valence-corrected chi connectivity index (χ3v) is 6.37. The Hall–Kier alpha value is -4.26. The largest absolute Gasteiger partial charge is 0.497 e. The predicted molar refractivity (Wildman–Crippen MR) is 143 cm³/mol. The minimum Gasteiger partial charge on any atom is -0.497 e. The molecule has 196 valence electrons. The zero-order valence-corrected chi connectivity index (χ0v) is 21.0. The van der Waals surface area contributed by atoms with Crippen LogP contribution in [0.1, 0.15) is 34.6 Å². The molecule has 0 saturated heterocycles. The molecule has 0 spiro atoms. The summed E-state index contributed by atoms with van der Waals surface area (Å²) in [5.41, 5.74) is 2.73. The summed E-state index contributed by atoms with van der Waals surface area (Å²) in [6.45, 7) is 0.750. The topological polar surface area (TPSA) is 41.6 Å². The van der Waals surface area contributed by atoms with Crippen LogP contribution in [0.4, 0.5) is 23.7 Å². The number of alkyl halides is 3. The van der Waals surface area contributed by atoms with E-state index in [0.717, 1.165) is 28.8 Å². The maximum absolute atomic E-state index is 13.4. The molecule has 0 atom stereocenters. The first-order valence-corrected chi connectivity index (χ1v) is 12.3. The monoisotopic (exact) mass is 518 g/mol. The zero-order valence-electron chi connectivity index (χ0n) is 21.0. The molecule has 0 aromatic heterocycles. The minimum absolute atomic E-state index is 0.0645. The smallest absolute Gasteiger partial charge is 0.416 e. The molecule has 4 aromatic rings. The molecule has 0 aliphatic rings. The van der Waals surface area contributed by atoms with Crippen molar-refractivity contribution in [1.82, 2.24) is 4.90 Å². The van der Waals surface area contributed by atoms with Gasteiger partial charge in [-0.1, -0.05) is 72.8 Å². The molecule has 2 amide bonds. The predicted octanol–water partition coefficient (Wildman–Crippen LogP) is 7.97. The van der Waals surface area contributed by atoms with Gasteiger partial charge in [0.15, 0.2) is 0 Å². The van der Waals surface area contributed by atoms with E-state index in [0.29, 0.717) is 30.9 Å². The number of methoxy groups -OCH3 is 1. The van der Waals surface area contributed by atoms with E-state index in [1.165, 1.54) is 12.1 Å². The highest BCUT2D eigenvalue weighted by atomic mass is 19.4. The van der Waals surface area contributed by atoms with Crippen LogP contribution in [0.3, 0.4) is 0 Å². The van der Waals surface area contributed by atoms with Crippen LogP contribution in [0.2, 0.25) is 0 Å². The average Bonchev–Trinajstić information content (AvgIpc) is 2.94. The molecule has 4 nitrogen and oxygen atoms in total. The van der Waals surface area contributed by atoms with Gasteiger partial charge in [0, 0.05) is 24.7 Å². The highest BCUT2D eigenvalue weighted by Crippen LogP contribution is 2.31. The van der Waals surface area contributed by atoms with Gasteiger partial charge < -0.3 is 15.0 Å². The lowest BCUT2D eigenvalue weighted by Crippen LogP contribution is -2.36. The zero-order chi connectivity index (χ0) is 27.0. The Labute approximate surface area is 220 Å². The summed E-state index contributed by atoms with van der Waals surface area (Å²) in [6.07, 6.45) is -3.78. The number of carbonyl (C=O) groups excluding carboxylic acids is 1. The van der Waals surface area contributed by atoms with E-state index in [1.54, 1.807) is 12.0 Å². The highest BCUT2D eigenvalue weighted by Gasteiger charge is 2.30. The van der Waals surface area contributed by atoms with Crippen molar-refractivity contribution in [1.29, 1.82) is 0 Å². The van der Waals surface area contributed by atoms with Crippen LogP contribution >= 0.6 is 0 Å². The normalized spacial score (nSPS) is 11.3. The molecule has 0 fully saturated rings. The van der Waals surface area contributed by atoms with Crippen LogP contribution in [-0.4, -0.2) is 24.6 Å². The van der Waals surface area contributed by atoms with Crippen molar-refractivity contribution < 1.29 is 22.7 Å². The number of urea groups is 1. The van der Waals surface area contributed by atoms with Crippen molar-refractivity contribution in [2.75, 3.05) is 19.0 Å². The van der Waals surface area contributed by atoms with Crippen molar-refractivity contribution in [2.45, 2.75) is 25.1 Å². The van der Waals surface area contributed by atoms with Gasteiger partial charge in [-0.2, -0.15) is 13.2 Å². The summed E-state index contributed by atoms with van der Waals surface area (Å²) >= 11 is 0. The number of rotatable bonds is 9. The molecule has 0 aliphatic heterocycles. The van der Waals surface area contributed by atoms with Crippen LogP contribution in [0, 0.1) is 0 Å². The fourth-order valence-corrected chi connectivity index (χ4v) is 4.33. The van der Waals surface area contributed by atoms with Crippen LogP contribution in [0.25, 0.3) is 0 Å². The Morgan fingerprint density at radius 3 is 1.87 bits per heavy atom. The van der Waals surface area contributed by atoms with E-state index in [4.69, 9.17) is 4.74 Å². The molecule has 0 unspecified atom stereocenters. The molecule has 4 aromatic carbocycles. The summed E-state index contributed by atoms with van der Waals surface area (Å²) in [7, 11) is 1.59. The van der Waals surface area contributed by atoms with Gasteiger partial charge in [0.05, 0.1) is 12.7 Å². The number of anilines is 1. The van der Waals surface area contributed by atoms with Crippen molar-refractivity contribution >= 4 is 11.7 Å². The summed E-state index contributed by atoms with van der Waals surface area (Å²) in [6, 6.07) is 31.8. The number of nitrogens with one attached hydrogen (secondary N) is 1. The highest BCUT2D eigenvalue weighted by molar-refractivity contribution is 5.89. The molecular weight excluding hydrogens is 489 g/mol. The number of halogens is 3. The Morgan fingerprint density at radius 2 is 1.37 bits per heavy atom. The Kier molecular flexibility index (Phi) is 8.69. The second kappa shape index (κ2) is 12.3. The Balaban J connectivity index is 1.55. The van der Waals surface area contributed by atoms with Crippen molar-refractivity contribution in [3.8, 4) is 5.75 Å². The number of nitrogens with zero attached hydrogens (tertiary/aromatic N) is 1. The van der Waals surface area contributed by atoms with E-state index in [2.05, 4.69) is 29.6 Å². The van der Waals surface area contributed by atoms with Crippen LogP contribution in [0.15, 0.2) is 109 Å². The first-order valence-electron chi connectivity index (χ1n) is 12.3. The summed E-state index contributed by atoms with van der Waals surface area (Å²) in [5.74, 6) is 0.775. The van der Waals surface area contributed by atoms with Crippen molar-refractivity contribution in [3.05, 3.63) is 131 Å². The molecule has 0 heterocycles. The van der Waals surface area contributed by atoms with Gasteiger partial charge in [0.25, 0.3) is 0 Å². The lowest BCUT2D eigenvalue weighted by Gasteiger charge is -2.26. The molecule has 1 N–H and O–H groups in total. The van der Waals surface area contributed by atoms with Crippen molar-refractivity contribution in [3.63, 3.8) is 0 Å². The SMILES string of the molecule is COc1ccc(CN(CCC(c2ccccc2)c2ccccc2)C(=O)Nc2ccc(C(F)(F)F)cc2)cc1. The quantitative estimate of drug-likeness (QED) is 0.244. The number of benzene rings is 4. The molecule has 0 saturated carbocycles. The standard InChI is InChI=1S/C31H29F3N2O2/c1-38-28-18-12-23(13-19-28)22-36(30(37)35-27-16-14-26(15-17-27)31(32,33)34)21-20-29(24-8-4-2-5-9-24)25-10-6-3-7-11-25/h2-19,29H,20-22H2,1H3,(H,35,37). The Bertz CT molecular complexity index is 1250. The third kappa shape index (κ3) is 7.16. The fraction of sp³-hybridized carbons (Fsp3) is 0.194. The van der Waals surface area contributed by atoms with Crippen molar-refractivity contribution in [2.24, 2.45) is 0 Å². The number of hydrogen-bond acceptors (Lipinski definition) is 2. The van der Waals surface area contributed by atoms with Gasteiger partial charge in [0.1, 0.15) is 5.75 Å².